The van der Waals surface area contributed by atoms with Crippen LogP contribution in [0.5, 0.6) is 5.75 Å². The smallest absolute Gasteiger partial charge is 0.214 e. The van der Waals surface area contributed by atoms with E-state index in [2.05, 4.69) is 20.8 Å². The van der Waals surface area contributed by atoms with E-state index in [0.29, 0.717) is 23.2 Å². The molecule has 0 amide bonds. The van der Waals surface area contributed by atoms with E-state index in [4.69, 9.17) is 27.9 Å². The van der Waals surface area contributed by atoms with E-state index in [9.17, 15) is 0 Å². The first-order chi connectivity index (χ1) is 16.2. The molecule has 3 aromatic carbocycles. The lowest BCUT2D eigenvalue weighted by molar-refractivity contribution is 0.302. The Balaban J connectivity index is 0.00000324. The van der Waals surface area contributed by atoms with Crippen LogP contribution in [0.3, 0.4) is 0 Å². The Morgan fingerprint density at radius 3 is 2.56 bits per heavy atom. The molecular weight excluding hydrogens is 513 g/mol. The highest BCUT2D eigenvalue weighted by atomic mass is 35.5. The van der Waals surface area contributed by atoms with E-state index in [1.165, 1.54) is 0 Å². The Labute approximate surface area is 219 Å². The van der Waals surface area contributed by atoms with Crippen molar-refractivity contribution in [2.45, 2.75) is 24.7 Å². The topological polar surface area (TPSA) is 64.9 Å². The Hall–Kier alpha value is -2.29. The van der Waals surface area contributed by atoms with Gasteiger partial charge in [-0.2, -0.15) is 4.68 Å². The molecule has 1 heterocycles. The first-order valence-electron chi connectivity index (χ1n) is 10.5. The lowest BCUT2D eigenvalue weighted by Gasteiger charge is -2.13. The van der Waals surface area contributed by atoms with Crippen LogP contribution in [0.1, 0.15) is 17.5 Å². The van der Waals surface area contributed by atoms with E-state index >= 15 is 0 Å². The first kappa shape index (κ1) is 26.3. The summed E-state index contributed by atoms with van der Waals surface area (Å²) >= 11 is 14.1. The van der Waals surface area contributed by atoms with Crippen molar-refractivity contribution < 1.29 is 4.74 Å². The molecule has 0 aliphatic carbocycles. The van der Waals surface area contributed by atoms with Gasteiger partial charge in [0.2, 0.25) is 5.16 Å². The number of halogens is 3. The van der Waals surface area contributed by atoms with E-state index in [1.807, 2.05) is 72.8 Å². The summed E-state index contributed by atoms with van der Waals surface area (Å²) in [4.78, 5) is 0. The highest BCUT2D eigenvalue weighted by Gasteiger charge is 2.09. The van der Waals surface area contributed by atoms with Crippen LogP contribution >= 0.6 is 47.4 Å². The first-order valence-corrected chi connectivity index (χ1v) is 12.3. The van der Waals surface area contributed by atoms with Gasteiger partial charge in [-0.1, -0.05) is 71.4 Å². The second-order valence-electron chi connectivity index (χ2n) is 7.22. The molecule has 34 heavy (non-hydrogen) atoms. The van der Waals surface area contributed by atoms with Crippen LogP contribution in [-0.4, -0.2) is 32.5 Å². The van der Waals surface area contributed by atoms with Gasteiger partial charge in [0.05, 0.1) is 5.69 Å². The molecule has 0 bridgehead atoms. The van der Waals surface area contributed by atoms with Crippen molar-refractivity contribution in [2.24, 2.45) is 0 Å². The van der Waals surface area contributed by atoms with Crippen molar-refractivity contribution in [2.75, 3.05) is 12.3 Å². The quantitative estimate of drug-likeness (QED) is 0.181. The molecule has 0 saturated carbocycles. The van der Waals surface area contributed by atoms with Crippen LogP contribution < -0.4 is 10.1 Å². The van der Waals surface area contributed by atoms with Crippen LogP contribution in [0.2, 0.25) is 10.0 Å². The normalized spacial score (nSPS) is 10.6. The maximum absolute atomic E-state index is 6.24. The molecule has 0 radical (unpaired) electrons. The second-order valence-corrected chi connectivity index (χ2v) is 9.13. The molecule has 1 aromatic heterocycles. The summed E-state index contributed by atoms with van der Waals surface area (Å²) in [5.41, 5.74) is 2.91. The minimum Gasteiger partial charge on any atom is -0.489 e. The third-order valence-electron chi connectivity index (χ3n) is 4.85. The molecule has 0 unspecified atom stereocenters. The van der Waals surface area contributed by atoms with Gasteiger partial charge in [-0.15, -0.1) is 17.5 Å². The zero-order valence-electron chi connectivity index (χ0n) is 18.2. The summed E-state index contributed by atoms with van der Waals surface area (Å²) in [7, 11) is 0. The number of thioether (sulfide) groups is 1. The largest absolute Gasteiger partial charge is 0.489 e. The van der Waals surface area contributed by atoms with E-state index < -0.39 is 0 Å². The van der Waals surface area contributed by atoms with Crippen molar-refractivity contribution in [3.8, 4) is 11.4 Å². The number of nitrogens with one attached hydrogen (secondary N) is 1. The summed E-state index contributed by atoms with van der Waals surface area (Å²) in [5.74, 6) is 1.69. The van der Waals surface area contributed by atoms with Gasteiger partial charge in [0.25, 0.3) is 0 Å². The number of para-hydroxylation sites is 1. The number of aromatic nitrogens is 4. The number of tetrazole rings is 1. The molecule has 0 aliphatic heterocycles. The highest BCUT2D eigenvalue weighted by molar-refractivity contribution is 7.99. The van der Waals surface area contributed by atoms with Gasteiger partial charge >= 0.3 is 0 Å². The Morgan fingerprint density at radius 1 is 0.941 bits per heavy atom. The number of benzene rings is 3. The average molecular weight is 537 g/mol. The molecule has 6 nitrogen and oxygen atoms in total. The van der Waals surface area contributed by atoms with Crippen molar-refractivity contribution in [1.29, 1.82) is 0 Å². The van der Waals surface area contributed by atoms with Crippen molar-refractivity contribution in [3.05, 3.63) is 94.0 Å². The predicted octanol–water partition coefficient (Wildman–Crippen LogP) is 6.24. The van der Waals surface area contributed by atoms with Gasteiger partial charge in [-0.3, -0.25) is 0 Å². The summed E-state index contributed by atoms with van der Waals surface area (Å²) in [6, 6.07) is 23.2. The van der Waals surface area contributed by atoms with Crippen LogP contribution in [0, 0.1) is 0 Å². The zero-order valence-corrected chi connectivity index (χ0v) is 21.4. The molecule has 0 atom stereocenters. The lowest BCUT2D eigenvalue weighted by Crippen LogP contribution is -2.16. The minimum absolute atomic E-state index is 0. The molecule has 0 fully saturated rings. The fourth-order valence-corrected chi connectivity index (χ4v) is 4.40. The lowest BCUT2D eigenvalue weighted by atomic mass is 10.2. The third-order valence-corrected chi connectivity index (χ3v) is 6.46. The summed E-state index contributed by atoms with van der Waals surface area (Å²) in [5, 5.41) is 17.7. The van der Waals surface area contributed by atoms with Gasteiger partial charge in [-0.05, 0) is 59.8 Å². The highest BCUT2D eigenvalue weighted by Crippen LogP contribution is 2.25. The zero-order chi connectivity index (χ0) is 22.9. The van der Waals surface area contributed by atoms with E-state index in [-0.39, 0.29) is 12.4 Å². The molecule has 178 valence electrons. The van der Waals surface area contributed by atoms with Crippen LogP contribution in [0.15, 0.2) is 78.0 Å². The summed E-state index contributed by atoms with van der Waals surface area (Å²) < 4.78 is 7.79. The fraction of sp³-hybridized carbons (Fsp3) is 0.208. The number of ether oxygens (including phenoxy) is 1. The molecule has 0 spiro atoms. The molecule has 0 saturated heterocycles. The molecule has 10 heteroatoms. The summed E-state index contributed by atoms with van der Waals surface area (Å²) in [6.07, 6.45) is 0.961. The van der Waals surface area contributed by atoms with E-state index in [0.717, 1.165) is 46.4 Å². The Bertz CT molecular complexity index is 1180. The van der Waals surface area contributed by atoms with Crippen LogP contribution in [0.4, 0.5) is 0 Å². The van der Waals surface area contributed by atoms with Crippen LogP contribution in [-0.2, 0) is 13.2 Å². The number of rotatable bonds is 11. The van der Waals surface area contributed by atoms with Crippen molar-refractivity contribution >= 4 is 47.4 Å². The van der Waals surface area contributed by atoms with Gasteiger partial charge in [0, 0.05) is 33.5 Å². The van der Waals surface area contributed by atoms with Gasteiger partial charge in [0.1, 0.15) is 12.4 Å². The number of hydrogen-bond donors (Lipinski definition) is 1. The maximum atomic E-state index is 6.24. The monoisotopic (exact) mass is 535 g/mol. The number of nitrogens with zero attached hydrogens (tertiary/aromatic N) is 4. The molecule has 1 N–H and O–H groups in total. The standard InChI is InChI=1S/C24H23Cl2N5OS.ClH/c25-20-11-12-23(32-17-18-7-4-5-10-22(18)26)19(15-20)16-27-13-6-14-33-24-28-29-30-31(24)21-8-2-1-3-9-21;/h1-5,7-12,15,27H,6,13-14,16-17H2;1H. The Morgan fingerprint density at radius 2 is 1.74 bits per heavy atom. The fourth-order valence-electron chi connectivity index (χ4n) is 3.18. The van der Waals surface area contributed by atoms with E-state index in [1.54, 1.807) is 16.4 Å². The maximum Gasteiger partial charge on any atom is 0.214 e. The van der Waals surface area contributed by atoms with Crippen molar-refractivity contribution in [3.63, 3.8) is 0 Å². The van der Waals surface area contributed by atoms with Crippen molar-refractivity contribution in [1.82, 2.24) is 25.5 Å². The van der Waals surface area contributed by atoms with Gasteiger partial charge < -0.3 is 10.1 Å². The summed E-state index contributed by atoms with van der Waals surface area (Å²) in [6.45, 7) is 1.91. The Kier molecular flexibility index (Phi) is 10.5. The van der Waals surface area contributed by atoms with Gasteiger partial charge in [0.15, 0.2) is 0 Å². The predicted molar refractivity (Wildman–Crippen MR) is 141 cm³/mol. The average Bonchev–Trinajstić information content (AvgIpc) is 3.31. The third kappa shape index (κ3) is 7.35. The minimum atomic E-state index is 0. The second kappa shape index (κ2) is 13.6. The number of hydrogen-bond acceptors (Lipinski definition) is 6. The van der Waals surface area contributed by atoms with Crippen LogP contribution in [0.25, 0.3) is 5.69 Å². The molecule has 4 aromatic rings. The SMILES string of the molecule is Cl.Clc1ccc(OCc2ccccc2Cl)c(CNCCCSc2nnnn2-c2ccccc2)c1. The van der Waals surface area contributed by atoms with Gasteiger partial charge in [-0.25, -0.2) is 0 Å². The molecule has 0 aliphatic rings. The molecular formula is C24H24Cl3N5OS. The molecule has 4 rings (SSSR count).